The number of aryl methyl sites for hydroxylation is 1. The van der Waals surface area contributed by atoms with Crippen molar-refractivity contribution in [2.75, 3.05) is 13.1 Å². The number of likely N-dealkylation sites (tertiary alicyclic amines) is 1. The molecule has 6 heteroatoms. The molecule has 25 heavy (non-hydrogen) atoms. The molecule has 1 fully saturated rings. The first-order chi connectivity index (χ1) is 12.1. The second-order valence-electron chi connectivity index (χ2n) is 6.50. The normalized spacial score (nSPS) is 17.9. The minimum atomic E-state index is -0.474. The lowest BCUT2D eigenvalue weighted by Crippen LogP contribution is -2.36. The molecule has 0 unspecified atom stereocenters. The molecule has 1 aliphatic heterocycles. The summed E-state index contributed by atoms with van der Waals surface area (Å²) in [5, 5.41) is 0. The Morgan fingerprint density at radius 2 is 1.92 bits per heavy atom. The van der Waals surface area contributed by atoms with Crippen molar-refractivity contribution in [3.05, 3.63) is 69.0 Å². The summed E-state index contributed by atoms with van der Waals surface area (Å²) >= 11 is 0. The fourth-order valence-corrected chi connectivity index (χ4v) is 3.36. The van der Waals surface area contributed by atoms with Gasteiger partial charge in [-0.2, -0.15) is 0 Å². The van der Waals surface area contributed by atoms with Crippen LogP contribution in [-0.2, 0) is 11.3 Å². The van der Waals surface area contributed by atoms with Crippen LogP contribution in [0.2, 0.25) is 0 Å². The predicted molar refractivity (Wildman–Crippen MR) is 95.6 cm³/mol. The predicted octanol–water partition coefficient (Wildman–Crippen LogP) is 1.72. The largest absolute Gasteiger partial charge is 0.342 e. The van der Waals surface area contributed by atoms with Gasteiger partial charge in [0.25, 0.3) is 5.56 Å². The summed E-state index contributed by atoms with van der Waals surface area (Å²) < 4.78 is 1.37. The van der Waals surface area contributed by atoms with Crippen molar-refractivity contribution >= 4 is 5.91 Å². The summed E-state index contributed by atoms with van der Waals surface area (Å²) in [5.74, 6) is 0.421. The van der Waals surface area contributed by atoms with Gasteiger partial charge in [0, 0.05) is 44.2 Å². The monoisotopic (exact) mass is 341 g/mol. The lowest BCUT2D eigenvalue weighted by atomic mass is 9.94. The topological polar surface area (TPSA) is 75.2 Å². The molecule has 1 aromatic heterocycles. The number of hydrogen-bond acceptors (Lipinski definition) is 3. The van der Waals surface area contributed by atoms with E-state index in [9.17, 15) is 14.4 Å². The van der Waals surface area contributed by atoms with Crippen LogP contribution < -0.4 is 11.2 Å². The van der Waals surface area contributed by atoms with Crippen LogP contribution in [0.5, 0.6) is 0 Å². The molecule has 0 spiro atoms. The highest BCUT2D eigenvalue weighted by molar-refractivity contribution is 5.76. The number of nitrogens with zero attached hydrogens (tertiary/aromatic N) is 2. The van der Waals surface area contributed by atoms with E-state index < -0.39 is 11.2 Å². The fraction of sp³-hybridized carbons (Fsp3) is 0.421. The summed E-state index contributed by atoms with van der Waals surface area (Å²) in [4.78, 5) is 39.5. The first-order valence-corrected chi connectivity index (χ1v) is 8.76. The molecule has 3 rings (SSSR count). The molecule has 0 aliphatic carbocycles. The second-order valence-corrected chi connectivity index (χ2v) is 6.50. The number of amides is 1. The summed E-state index contributed by atoms with van der Waals surface area (Å²) in [5.41, 5.74) is 0.378. The van der Waals surface area contributed by atoms with Gasteiger partial charge in [0.2, 0.25) is 5.91 Å². The van der Waals surface area contributed by atoms with Crippen LogP contribution in [0.3, 0.4) is 0 Å². The number of aromatic nitrogens is 2. The third-order valence-electron chi connectivity index (χ3n) is 4.76. The summed E-state index contributed by atoms with van der Waals surface area (Å²) in [6.07, 6.45) is 4.90. The Bertz CT molecular complexity index is 826. The van der Waals surface area contributed by atoms with E-state index in [1.165, 1.54) is 22.4 Å². The highest BCUT2D eigenvalue weighted by Gasteiger charge is 2.22. The molecule has 132 valence electrons. The molecular weight excluding hydrogens is 318 g/mol. The Morgan fingerprint density at radius 3 is 2.68 bits per heavy atom. The van der Waals surface area contributed by atoms with Gasteiger partial charge in [0.15, 0.2) is 0 Å². The van der Waals surface area contributed by atoms with Crippen molar-refractivity contribution in [3.63, 3.8) is 0 Å². The van der Waals surface area contributed by atoms with Gasteiger partial charge in [-0.1, -0.05) is 36.8 Å². The van der Waals surface area contributed by atoms with Crippen molar-refractivity contribution in [2.24, 2.45) is 0 Å². The second kappa shape index (κ2) is 7.96. The minimum Gasteiger partial charge on any atom is -0.342 e. The van der Waals surface area contributed by atoms with E-state index in [0.29, 0.717) is 5.92 Å². The maximum absolute atomic E-state index is 12.6. The zero-order valence-corrected chi connectivity index (χ0v) is 14.2. The van der Waals surface area contributed by atoms with Crippen LogP contribution in [0.4, 0.5) is 0 Å². The van der Waals surface area contributed by atoms with Gasteiger partial charge in [-0.15, -0.1) is 0 Å². The van der Waals surface area contributed by atoms with Crippen LogP contribution >= 0.6 is 0 Å². The standard InChI is InChI=1S/C19H23N3O3/c23-17-9-12-21(19(25)20-17)13-10-18(24)22-11-5-4-8-16(14-22)15-6-2-1-3-7-15/h1-3,6-7,9,12,16H,4-5,8,10-11,13-14H2,(H,20,23,25)/t16-/m1/s1. The molecule has 0 bridgehead atoms. The molecule has 2 heterocycles. The maximum atomic E-state index is 12.6. The highest BCUT2D eigenvalue weighted by atomic mass is 16.2. The van der Waals surface area contributed by atoms with E-state index in [4.69, 9.17) is 0 Å². The van der Waals surface area contributed by atoms with E-state index in [2.05, 4.69) is 17.1 Å². The number of hydrogen-bond donors (Lipinski definition) is 1. The Kier molecular flexibility index (Phi) is 5.48. The maximum Gasteiger partial charge on any atom is 0.328 e. The molecule has 1 aliphatic rings. The lowest BCUT2D eigenvalue weighted by molar-refractivity contribution is -0.131. The van der Waals surface area contributed by atoms with Crippen molar-refractivity contribution in [3.8, 4) is 0 Å². The third kappa shape index (κ3) is 4.47. The Labute approximate surface area is 146 Å². The zero-order chi connectivity index (χ0) is 17.6. The van der Waals surface area contributed by atoms with Gasteiger partial charge in [-0.25, -0.2) is 4.79 Å². The van der Waals surface area contributed by atoms with Crippen molar-refractivity contribution in [1.29, 1.82) is 0 Å². The van der Waals surface area contributed by atoms with Gasteiger partial charge < -0.3 is 9.47 Å². The SMILES string of the molecule is O=C(CCn1ccc(=O)[nH]c1=O)N1CCCC[C@@H](c2ccccc2)C1. The average molecular weight is 341 g/mol. The van der Waals surface area contributed by atoms with Crippen LogP contribution in [0.25, 0.3) is 0 Å². The number of benzene rings is 1. The number of rotatable bonds is 4. The van der Waals surface area contributed by atoms with Crippen LogP contribution in [0, 0.1) is 0 Å². The van der Waals surface area contributed by atoms with Gasteiger partial charge >= 0.3 is 5.69 Å². The number of H-pyrrole nitrogens is 1. The molecule has 2 aromatic rings. The average Bonchev–Trinajstić information content (AvgIpc) is 2.88. The van der Waals surface area contributed by atoms with E-state index in [1.54, 1.807) is 0 Å². The number of aromatic amines is 1. The zero-order valence-electron chi connectivity index (χ0n) is 14.2. The van der Waals surface area contributed by atoms with E-state index in [0.717, 1.165) is 32.4 Å². The van der Waals surface area contributed by atoms with E-state index >= 15 is 0 Å². The Balaban J connectivity index is 1.64. The third-order valence-corrected chi connectivity index (χ3v) is 4.76. The lowest BCUT2D eigenvalue weighted by Gasteiger charge is -2.25. The van der Waals surface area contributed by atoms with Crippen molar-refractivity contribution in [2.45, 2.75) is 38.1 Å². The number of carbonyl (C=O) groups excluding carboxylic acids is 1. The fourth-order valence-electron chi connectivity index (χ4n) is 3.36. The minimum absolute atomic E-state index is 0.0564. The quantitative estimate of drug-likeness (QED) is 0.920. The molecule has 1 atom stereocenters. The summed E-state index contributed by atoms with van der Waals surface area (Å²) in [6, 6.07) is 11.6. The Morgan fingerprint density at radius 1 is 1.12 bits per heavy atom. The molecule has 1 N–H and O–H groups in total. The first-order valence-electron chi connectivity index (χ1n) is 8.76. The molecule has 1 aromatic carbocycles. The molecule has 1 amide bonds. The molecule has 6 nitrogen and oxygen atoms in total. The number of carbonyl (C=O) groups is 1. The first kappa shape index (κ1) is 17.2. The summed E-state index contributed by atoms with van der Waals surface area (Å²) in [6.45, 7) is 1.77. The van der Waals surface area contributed by atoms with Crippen molar-refractivity contribution in [1.82, 2.24) is 14.5 Å². The van der Waals surface area contributed by atoms with Gasteiger partial charge in [-0.05, 0) is 18.4 Å². The van der Waals surface area contributed by atoms with E-state index in [1.807, 2.05) is 23.1 Å². The van der Waals surface area contributed by atoms with E-state index in [-0.39, 0.29) is 18.9 Å². The molecule has 0 saturated carbocycles. The summed E-state index contributed by atoms with van der Waals surface area (Å²) in [7, 11) is 0. The smallest absolute Gasteiger partial charge is 0.328 e. The molecule has 0 radical (unpaired) electrons. The molecular formula is C19H23N3O3. The van der Waals surface area contributed by atoms with Crippen molar-refractivity contribution < 1.29 is 4.79 Å². The van der Waals surface area contributed by atoms with Crippen LogP contribution in [0.1, 0.15) is 37.2 Å². The van der Waals surface area contributed by atoms with Gasteiger partial charge in [0.05, 0.1) is 0 Å². The Hall–Kier alpha value is -2.63. The molecule has 1 saturated heterocycles. The van der Waals surface area contributed by atoms with Crippen LogP contribution in [-0.4, -0.2) is 33.4 Å². The van der Waals surface area contributed by atoms with Gasteiger partial charge in [-0.3, -0.25) is 14.6 Å². The highest BCUT2D eigenvalue weighted by Crippen LogP contribution is 2.26. The number of nitrogens with one attached hydrogen (secondary N) is 1. The van der Waals surface area contributed by atoms with Crippen LogP contribution in [0.15, 0.2) is 52.2 Å². The van der Waals surface area contributed by atoms with Gasteiger partial charge in [0.1, 0.15) is 0 Å².